The van der Waals surface area contributed by atoms with E-state index in [4.69, 9.17) is 33.2 Å². The van der Waals surface area contributed by atoms with E-state index in [1.165, 1.54) is 6.92 Å². The minimum Gasteiger partial charge on any atom is -0.479 e. The van der Waals surface area contributed by atoms with Gasteiger partial charge in [-0.3, -0.25) is 0 Å². The van der Waals surface area contributed by atoms with Crippen LogP contribution in [-0.2, 0) is 42.7 Å². The van der Waals surface area contributed by atoms with E-state index in [1.54, 1.807) is 19.9 Å². The quantitative estimate of drug-likeness (QED) is 0.0568. The van der Waals surface area contributed by atoms with Gasteiger partial charge in [0.05, 0.1) is 42.5 Å². The summed E-state index contributed by atoms with van der Waals surface area (Å²) in [6, 6.07) is 0. The number of carboxylic acids is 1. The molecule has 74 heavy (non-hydrogen) atoms. The number of esters is 1. The Kier molecular flexibility index (Phi) is 16.0. The fourth-order valence-corrected chi connectivity index (χ4v) is 15.8. The van der Waals surface area contributed by atoms with E-state index < -0.39 is 168 Å². The summed E-state index contributed by atoms with van der Waals surface area (Å²) >= 11 is 0. The molecule has 0 bridgehead atoms. The van der Waals surface area contributed by atoms with Gasteiger partial charge in [0.1, 0.15) is 67.6 Å². The van der Waals surface area contributed by atoms with Crippen molar-refractivity contribution in [2.75, 3.05) is 13.2 Å². The van der Waals surface area contributed by atoms with E-state index in [0.717, 1.165) is 5.57 Å². The van der Waals surface area contributed by atoms with Crippen molar-refractivity contribution in [2.24, 2.45) is 50.2 Å². The molecular weight excluding hydrogens is 973 g/mol. The third-order valence-corrected chi connectivity index (χ3v) is 20.4. The van der Waals surface area contributed by atoms with Crippen molar-refractivity contribution in [1.29, 1.82) is 0 Å². The number of allylic oxidation sites excluding steroid dienone is 2. The van der Waals surface area contributed by atoms with Gasteiger partial charge in [0.15, 0.2) is 25.0 Å². The third kappa shape index (κ3) is 8.96. The summed E-state index contributed by atoms with van der Waals surface area (Å²) in [5.41, 5.74) is -3.16. The summed E-state index contributed by atoms with van der Waals surface area (Å²) in [4.78, 5) is 26.0. The zero-order valence-electron chi connectivity index (χ0n) is 44.3. The second-order valence-electron chi connectivity index (χ2n) is 25.2. The topological polar surface area (TPSA) is 342 Å². The smallest absolute Gasteiger partial charge is 0.335 e. The molecule has 3 saturated heterocycles. The van der Waals surface area contributed by atoms with Crippen LogP contribution < -0.4 is 0 Å². The van der Waals surface area contributed by atoms with Crippen LogP contribution in [0.1, 0.15) is 114 Å². The predicted molar refractivity (Wildman–Crippen MR) is 257 cm³/mol. The van der Waals surface area contributed by atoms with Crippen LogP contribution in [0.2, 0.25) is 0 Å². The van der Waals surface area contributed by atoms with Crippen molar-refractivity contribution in [1.82, 2.24) is 0 Å². The van der Waals surface area contributed by atoms with E-state index in [-0.39, 0.29) is 23.9 Å². The Balaban J connectivity index is 1.12. The van der Waals surface area contributed by atoms with Gasteiger partial charge in [-0.25, -0.2) is 9.59 Å². The maximum atomic E-state index is 13.1. The maximum absolute atomic E-state index is 13.1. The fraction of sp³-hybridized carbons (Fsp3) is 0.887. The number of fused-ring (bicyclic) bond motifs is 7. The molecule has 3 aliphatic heterocycles. The van der Waals surface area contributed by atoms with Crippen LogP contribution in [0.15, 0.2) is 23.3 Å². The van der Waals surface area contributed by atoms with Gasteiger partial charge >= 0.3 is 11.9 Å². The van der Waals surface area contributed by atoms with Crippen LogP contribution >= 0.6 is 0 Å². The highest BCUT2D eigenvalue weighted by molar-refractivity contribution is 5.87. The molecule has 422 valence electrons. The number of hydrogen-bond acceptors (Lipinski definition) is 20. The first-order chi connectivity index (χ1) is 34.4. The lowest BCUT2D eigenvalue weighted by Crippen LogP contribution is -2.74. The van der Waals surface area contributed by atoms with Crippen LogP contribution in [-0.4, -0.2) is 203 Å². The van der Waals surface area contributed by atoms with Crippen LogP contribution in [0.5, 0.6) is 0 Å². The summed E-state index contributed by atoms with van der Waals surface area (Å²) < 4.78 is 42.6. The lowest BCUT2D eigenvalue weighted by molar-refractivity contribution is -0.395. The fourth-order valence-electron chi connectivity index (χ4n) is 15.8. The zero-order chi connectivity index (χ0) is 54.7. The standard InChI is InChI=1S/C53H84O21/c1-11-22(2)44(67)68-21-53-25(18-48(4,5)19-29(53)55)24-12-13-28-50(8)16-15-30(49(6,7)27(50)14-17-51(28,9)52(24,10)41(63)42(53)64)71-47-40(74-46-36(61)34(59)32(57)26(20-54)70-46)38(37(62)39(73-47)43(65)66)72-45-35(60)33(58)31(56)23(3)69-45/h11-12,23,25-42,45-47,54-64H,13-21H2,1-10H3,(H,65,66). The summed E-state index contributed by atoms with van der Waals surface area (Å²) in [5, 5.41) is 134. The first kappa shape index (κ1) is 57.9. The molecule has 12 N–H and O–H groups in total. The van der Waals surface area contributed by atoms with Gasteiger partial charge in [-0.15, -0.1) is 0 Å². The normalized spacial score (nSPS) is 52.1. The molecule has 0 aromatic heterocycles. The summed E-state index contributed by atoms with van der Waals surface area (Å²) in [6.45, 7) is 18.4. The minimum absolute atomic E-state index is 0.0653. The number of carboxylic acid groups (broad SMARTS) is 1. The Morgan fingerprint density at radius 2 is 1.34 bits per heavy atom. The van der Waals surface area contributed by atoms with Crippen molar-refractivity contribution in [3.05, 3.63) is 23.3 Å². The summed E-state index contributed by atoms with van der Waals surface area (Å²) in [7, 11) is 0. The molecule has 26 unspecified atom stereocenters. The molecule has 8 rings (SSSR count). The van der Waals surface area contributed by atoms with Crippen molar-refractivity contribution in [2.45, 2.75) is 231 Å². The van der Waals surface area contributed by atoms with Crippen LogP contribution in [0.25, 0.3) is 0 Å². The molecular formula is C53H84O21. The van der Waals surface area contributed by atoms with Gasteiger partial charge in [0, 0.05) is 11.0 Å². The molecule has 0 spiro atoms. The first-order valence-corrected chi connectivity index (χ1v) is 26.5. The van der Waals surface area contributed by atoms with Crippen LogP contribution in [0.3, 0.4) is 0 Å². The molecule has 26 atom stereocenters. The number of aliphatic hydroxyl groups is 11. The molecule has 7 fully saturated rings. The Morgan fingerprint density at radius 1 is 0.716 bits per heavy atom. The molecule has 3 heterocycles. The highest BCUT2D eigenvalue weighted by Gasteiger charge is 2.74. The molecule has 0 amide bonds. The molecule has 21 nitrogen and oxygen atoms in total. The van der Waals surface area contributed by atoms with Crippen LogP contribution in [0.4, 0.5) is 0 Å². The molecule has 0 aromatic carbocycles. The van der Waals surface area contributed by atoms with Gasteiger partial charge in [-0.1, -0.05) is 66.2 Å². The van der Waals surface area contributed by atoms with Crippen molar-refractivity contribution >= 4 is 11.9 Å². The Labute approximate surface area is 432 Å². The van der Waals surface area contributed by atoms with Gasteiger partial charge in [-0.05, 0) is 105 Å². The second-order valence-corrected chi connectivity index (χ2v) is 25.2. The lowest BCUT2D eigenvalue weighted by atomic mass is 9.32. The van der Waals surface area contributed by atoms with Gasteiger partial charge in [0.25, 0.3) is 0 Å². The van der Waals surface area contributed by atoms with Gasteiger partial charge < -0.3 is 94.4 Å². The largest absolute Gasteiger partial charge is 0.479 e. The van der Waals surface area contributed by atoms with E-state index >= 15 is 0 Å². The predicted octanol–water partition coefficient (Wildman–Crippen LogP) is 0.163. The minimum atomic E-state index is -2.11. The average Bonchev–Trinajstić information content (AvgIpc) is 3.33. The number of carbonyl (C=O) groups excluding carboxylic acids is 1. The highest BCUT2D eigenvalue weighted by atomic mass is 16.8. The molecule has 8 aliphatic rings. The SMILES string of the molecule is CC=C(C)C(=O)OCC12C(O)CC(C)(C)CC1C1=CCC3C4(C)CCC(OC5OC(C(=O)O)C(O)C(OC6OC(C)C(O)C(O)C6O)C5OC5OC(CO)C(O)C(O)C5O)C(C)(C)C4CCC3(C)C1(C)C(O)C2O. The highest BCUT2D eigenvalue weighted by Crippen LogP contribution is 2.76. The van der Waals surface area contributed by atoms with Crippen molar-refractivity contribution < 1.29 is 104 Å². The summed E-state index contributed by atoms with van der Waals surface area (Å²) in [6.07, 6.45) is -23.9. The number of carbonyl (C=O) groups is 2. The van der Waals surface area contributed by atoms with Gasteiger partial charge in [0.2, 0.25) is 0 Å². The Hall–Kier alpha value is -2.26. The monoisotopic (exact) mass is 1060 g/mol. The molecule has 4 saturated carbocycles. The van der Waals surface area contributed by atoms with E-state index in [0.29, 0.717) is 50.5 Å². The Morgan fingerprint density at radius 3 is 1.96 bits per heavy atom. The first-order valence-electron chi connectivity index (χ1n) is 26.5. The average molecular weight is 1060 g/mol. The Bertz CT molecular complexity index is 2130. The number of rotatable bonds is 11. The third-order valence-electron chi connectivity index (χ3n) is 20.4. The van der Waals surface area contributed by atoms with Gasteiger partial charge in [-0.2, -0.15) is 0 Å². The number of aliphatic hydroxyl groups excluding tert-OH is 11. The maximum Gasteiger partial charge on any atom is 0.335 e. The zero-order valence-corrected chi connectivity index (χ0v) is 44.3. The van der Waals surface area contributed by atoms with Crippen LogP contribution in [0, 0.1) is 50.2 Å². The molecule has 0 radical (unpaired) electrons. The van der Waals surface area contributed by atoms with E-state index in [1.807, 2.05) is 20.8 Å². The molecule has 5 aliphatic carbocycles. The number of aliphatic carboxylic acids is 1. The lowest BCUT2D eigenvalue weighted by Gasteiger charge is -2.73. The molecule has 0 aromatic rings. The van der Waals surface area contributed by atoms with E-state index in [2.05, 4.69) is 33.8 Å². The van der Waals surface area contributed by atoms with E-state index in [9.17, 15) is 70.9 Å². The number of hydrogen-bond donors (Lipinski definition) is 12. The van der Waals surface area contributed by atoms with Crippen molar-refractivity contribution in [3.8, 4) is 0 Å². The second kappa shape index (κ2) is 20.4. The molecule has 21 heteroatoms. The summed E-state index contributed by atoms with van der Waals surface area (Å²) in [5.74, 6) is -2.79. The van der Waals surface area contributed by atoms with Crippen molar-refractivity contribution in [3.63, 3.8) is 0 Å². The number of ether oxygens (including phenoxy) is 7.